The van der Waals surface area contributed by atoms with Crippen molar-refractivity contribution >= 4 is 5.97 Å². The fourth-order valence-corrected chi connectivity index (χ4v) is 0.641. The maximum atomic E-state index is 10.1. The molecule has 0 aromatic heterocycles. The fraction of sp³-hybridized carbons (Fsp3) is 0.857. The van der Waals surface area contributed by atoms with Gasteiger partial charge in [-0.05, 0) is 13.3 Å². The summed E-state index contributed by atoms with van der Waals surface area (Å²) in [4.78, 5) is 10.1. The molecule has 0 bridgehead atoms. The van der Waals surface area contributed by atoms with Crippen LogP contribution in [0.2, 0.25) is 0 Å². The van der Waals surface area contributed by atoms with Gasteiger partial charge in [0.1, 0.15) is 0 Å². The molecule has 1 unspecified atom stereocenters. The molecule has 0 rings (SSSR count). The first-order valence-electron chi connectivity index (χ1n) is 3.75. The molecule has 2 N–H and O–H groups in total. The number of carboxylic acids is 1. The predicted octanol–water partition coefficient (Wildman–Crippen LogP) is 0.951. The number of hydroxylamine groups is 2. The summed E-state index contributed by atoms with van der Waals surface area (Å²) >= 11 is 0. The molecule has 1 atom stereocenters. The molecule has 0 amide bonds. The molecule has 0 saturated carbocycles. The van der Waals surface area contributed by atoms with Crippen molar-refractivity contribution < 1.29 is 15.1 Å². The SMILES string of the molecule is CCC(C)N(O)CCC(=O)O. The van der Waals surface area contributed by atoms with Crippen molar-refractivity contribution in [3.63, 3.8) is 0 Å². The third-order valence-corrected chi connectivity index (χ3v) is 1.65. The Balaban J connectivity index is 3.51. The first-order valence-corrected chi connectivity index (χ1v) is 3.75. The minimum Gasteiger partial charge on any atom is -0.481 e. The second-order valence-corrected chi connectivity index (χ2v) is 2.56. The topological polar surface area (TPSA) is 60.8 Å². The molecule has 0 radical (unpaired) electrons. The summed E-state index contributed by atoms with van der Waals surface area (Å²) in [6.45, 7) is 3.99. The highest BCUT2D eigenvalue weighted by atomic mass is 16.5. The van der Waals surface area contributed by atoms with Gasteiger partial charge in [0, 0.05) is 12.6 Å². The van der Waals surface area contributed by atoms with E-state index in [9.17, 15) is 4.79 Å². The van der Waals surface area contributed by atoms with Gasteiger partial charge in [-0.25, -0.2) is 0 Å². The van der Waals surface area contributed by atoms with E-state index in [1.54, 1.807) is 0 Å². The average molecular weight is 161 g/mol. The van der Waals surface area contributed by atoms with E-state index in [0.29, 0.717) is 0 Å². The molecular weight excluding hydrogens is 146 g/mol. The number of rotatable bonds is 5. The van der Waals surface area contributed by atoms with Crippen LogP contribution in [-0.4, -0.2) is 33.9 Å². The highest BCUT2D eigenvalue weighted by molar-refractivity contribution is 5.66. The smallest absolute Gasteiger partial charge is 0.304 e. The molecule has 0 aromatic rings. The number of carboxylic acid groups (broad SMARTS) is 1. The zero-order chi connectivity index (χ0) is 8.85. The second kappa shape index (κ2) is 5.09. The first-order chi connectivity index (χ1) is 5.07. The Labute approximate surface area is 66.4 Å². The summed E-state index contributed by atoms with van der Waals surface area (Å²) < 4.78 is 0. The first kappa shape index (κ1) is 10.4. The summed E-state index contributed by atoms with van der Waals surface area (Å²) in [5.74, 6) is -0.882. The number of hydrogen-bond acceptors (Lipinski definition) is 3. The van der Waals surface area contributed by atoms with Gasteiger partial charge in [-0.3, -0.25) is 4.79 Å². The summed E-state index contributed by atoms with van der Waals surface area (Å²) in [6.07, 6.45) is 0.803. The van der Waals surface area contributed by atoms with Gasteiger partial charge < -0.3 is 10.3 Å². The second-order valence-electron chi connectivity index (χ2n) is 2.56. The van der Waals surface area contributed by atoms with E-state index in [0.717, 1.165) is 11.5 Å². The minimum atomic E-state index is -0.882. The van der Waals surface area contributed by atoms with Crippen LogP contribution in [0.25, 0.3) is 0 Å². The van der Waals surface area contributed by atoms with Gasteiger partial charge in [0.25, 0.3) is 0 Å². The zero-order valence-electron chi connectivity index (χ0n) is 6.95. The van der Waals surface area contributed by atoms with E-state index >= 15 is 0 Å². The molecule has 0 aliphatic rings. The quantitative estimate of drug-likeness (QED) is 0.589. The molecule has 0 saturated heterocycles. The molecule has 11 heavy (non-hydrogen) atoms. The molecular formula is C7H15NO3. The van der Waals surface area contributed by atoms with E-state index in [1.807, 2.05) is 13.8 Å². The van der Waals surface area contributed by atoms with Crippen LogP contribution in [-0.2, 0) is 4.79 Å². The minimum absolute atomic E-state index is 0.0131. The van der Waals surface area contributed by atoms with Gasteiger partial charge in [-0.1, -0.05) is 6.92 Å². The van der Waals surface area contributed by atoms with Crippen molar-refractivity contribution in [1.29, 1.82) is 0 Å². The van der Waals surface area contributed by atoms with Crippen molar-refractivity contribution in [2.24, 2.45) is 0 Å². The van der Waals surface area contributed by atoms with Crippen LogP contribution < -0.4 is 0 Å². The average Bonchev–Trinajstić information content (AvgIpc) is 1.98. The third kappa shape index (κ3) is 4.75. The molecule has 4 heteroatoms. The van der Waals surface area contributed by atoms with Crippen LogP contribution in [0.4, 0.5) is 0 Å². The number of aliphatic carboxylic acids is 1. The Hall–Kier alpha value is -0.610. The lowest BCUT2D eigenvalue weighted by Gasteiger charge is -2.19. The van der Waals surface area contributed by atoms with Crippen molar-refractivity contribution in [1.82, 2.24) is 5.06 Å². The molecule has 0 heterocycles. The van der Waals surface area contributed by atoms with Crippen molar-refractivity contribution in [2.45, 2.75) is 32.7 Å². The Morgan fingerprint density at radius 1 is 1.64 bits per heavy atom. The standard InChI is InChI=1S/C7H15NO3/c1-3-6(2)8(11)5-4-7(9)10/h6,11H,3-5H2,1-2H3,(H,9,10). The molecule has 0 aliphatic carbocycles. The van der Waals surface area contributed by atoms with E-state index in [2.05, 4.69) is 0 Å². The lowest BCUT2D eigenvalue weighted by Crippen LogP contribution is -2.31. The van der Waals surface area contributed by atoms with Gasteiger partial charge in [-0.2, -0.15) is 5.06 Å². The molecule has 0 spiro atoms. The van der Waals surface area contributed by atoms with Crippen molar-refractivity contribution in [2.75, 3.05) is 6.54 Å². The Morgan fingerprint density at radius 2 is 2.18 bits per heavy atom. The van der Waals surface area contributed by atoms with Crippen LogP contribution >= 0.6 is 0 Å². The molecule has 4 nitrogen and oxygen atoms in total. The van der Waals surface area contributed by atoms with Gasteiger partial charge in [0.2, 0.25) is 0 Å². The van der Waals surface area contributed by atoms with E-state index < -0.39 is 5.97 Å². The van der Waals surface area contributed by atoms with Gasteiger partial charge in [-0.15, -0.1) is 0 Å². The molecule has 0 aromatic carbocycles. The van der Waals surface area contributed by atoms with Gasteiger partial charge in [0.05, 0.1) is 6.42 Å². The number of hydrogen-bond donors (Lipinski definition) is 2. The lowest BCUT2D eigenvalue weighted by atomic mass is 10.2. The summed E-state index contributed by atoms with van der Waals surface area (Å²) in [7, 11) is 0. The van der Waals surface area contributed by atoms with Crippen LogP contribution in [0.1, 0.15) is 26.7 Å². The Kier molecular flexibility index (Phi) is 4.81. The van der Waals surface area contributed by atoms with Crippen LogP contribution in [0, 0.1) is 0 Å². The lowest BCUT2D eigenvalue weighted by molar-refractivity contribution is -0.147. The van der Waals surface area contributed by atoms with Gasteiger partial charge in [0.15, 0.2) is 0 Å². The largest absolute Gasteiger partial charge is 0.481 e. The Bertz CT molecular complexity index is 127. The normalized spacial score (nSPS) is 13.5. The summed E-state index contributed by atoms with van der Waals surface area (Å²) in [6, 6.07) is 0.0364. The highest BCUT2D eigenvalue weighted by Crippen LogP contribution is 1.99. The van der Waals surface area contributed by atoms with E-state index in [4.69, 9.17) is 10.3 Å². The number of carbonyl (C=O) groups is 1. The third-order valence-electron chi connectivity index (χ3n) is 1.65. The molecule has 0 aliphatic heterocycles. The Morgan fingerprint density at radius 3 is 2.55 bits per heavy atom. The van der Waals surface area contributed by atoms with Crippen molar-refractivity contribution in [3.05, 3.63) is 0 Å². The highest BCUT2D eigenvalue weighted by Gasteiger charge is 2.09. The molecule has 0 fully saturated rings. The van der Waals surface area contributed by atoms with Crippen molar-refractivity contribution in [3.8, 4) is 0 Å². The van der Waals surface area contributed by atoms with Crippen LogP contribution in [0.3, 0.4) is 0 Å². The fourth-order valence-electron chi connectivity index (χ4n) is 0.641. The summed E-state index contributed by atoms with van der Waals surface area (Å²) in [5.41, 5.74) is 0. The van der Waals surface area contributed by atoms with Crippen LogP contribution in [0.5, 0.6) is 0 Å². The van der Waals surface area contributed by atoms with E-state index in [1.165, 1.54) is 0 Å². The summed E-state index contributed by atoms with van der Waals surface area (Å²) in [5, 5.41) is 18.5. The van der Waals surface area contributed by atoms with E-state index in [-0.39, 0.29) is 19.0 Å². The number of nitrogens with zero attached hydrogens (tertiary/aromatic N) is 1. The maximum absolute atomic E-state index is 10.1. The maximum Gasteiger partial charge on any atom is 0.304 e. The van der Waals surface area contributed by atoms with Crippen LogP contribution in [0.15, 0.2) is 0 Å². The zero-order valence-corrected chi connectivity index (χ0v) is 6.95. The predicted molar refractivity (Wildman–Crippen MR) is 40.5 cm³/mol. The van der Waals surface area contributed by atoms with Gasteiger partial charge >= 0.3 is 5.97 Å². The monoisotopic (exact) mass is 161 g/mol. The molecule has 66 valence electrons.